The van der Waals surface area contributed by atoms with Gasteiger partial charge in [0.05, 0.1) is 17.5 Å². The summed E-state index contributed by atoms with van der Waals surface area (Å²) in [4.78, 5) is 0. The first-order chi connectivity index (χ1) is 6.74. The fourth-order valence-corrected chi connectivity index (χ4v) is 2.68. The van der Waals surface area contributed by atoms with E-state index in [2.05, 4.69) is 0 Å². The predicted molar refractivity (Wildman–Crippen MR) is 57.8 cm³/mol. The first-order valence-corrected chi connectivity index (χ1v) is 5.24. The molecule has 0 saturated heterocycles. The van der Waals surface area contributed by atoms with Crippen LogP contribution in [0.1, 0.15) is 5.56 Å². The molecule has 2 nitrogen and oxygen atoms in total. The lowest BCUT2D eigenvalue weighted by Crippen LogP contribution is -1.82. The van der Waals surface area contributed by atoms with Crippen LogP contribution in [0.3, 0.4) is 0 Å². The Morgan fingerprint density at radius 1 is 1.50 bits per heavy atom. The van der Waals surface area contributed by atoms with Crippen molar-refractivity contribution in [2.24, 2.45) is 0 Å². The number of benzene rings is 1. The van der Waals surface area contributed by atoms with Crippen molar-refractivity contribution in [3.05, 3.63) is 28.1 Å². The number of halogens is 1. The van der Waals surface area contributed by atoms with Crippen LogP contribution in [-0.2, 0) is 6.42 Å². The fraction of sp³-hybridized carbons (Fsp3) is 0.100. The van der Waals surface area contributed by atoms with Gasteiger partial charge in [-0.1, -0.05) is 11.6 Å². The Kier molecular flexibility index (Phi) is 2.32. The molecule has 0 spiro atoms. The molecule has 0 unspecified atom stereocenters. The Hall–Kier alpha value is -1.24. The molecule has 0 aliphatic carbocycles. The van der Waals surface area contributed by atoms with Crippen LogP contribution in [0.25, 0.3) is 10.1 Å². The summed E-state index contributed by atoms with van der Waals surface area (Å²) < 4.78 is 0.900. The first kappa shape index (κ1) is 9.32. The maximum absolute atomic E-state index is 9.56. The number of thiophene rings is 1. The Bertz CT molecular complexity index is 527. The standard InChI is InChI=1S/C10H6ClNOS/c11-8-5-14-10-6(8)1-2-9(13)7(10)3-4-12/h1-2,5,13H,3H2. The van der Waals surface area contributed by atoms with Gasteiger partial charge in [-0.25, -0.2) is 0 Å². The van der Waals surface area contributed by atoms with Gasteiger partial charge in [-0.2, -0.15) is 5.26 Å². The lowest BCUT2D eigenvalue weighted by molar-refractivity contribution is 0.471. The summed E-state index contributed by atoms with van der Waals surface area (Å²) in [5, 5.41) is 21.6. The molecule has 70 valence electrons. The van der Waals surface area contributed by atoms with Gasteiger partial charge in [-0.3, -0.25) is 0 Å². The van der Waals surface area contributed by atoms with Crippen LogP contribution in [0.5, 0.6) is 5.75 Å². The summed E-state index contributed by atoms with van der Waals surface area (Å²) >= 11 is 7.39. The van der Waals surface area contributed by atoms with Crippen LogP contribution >= 0.6 is 22.9 Å². The fourth-order valence-electron chi connectivity index (χ4n) is 1.36. The van der Waals surface area contributed by atoms with Crippen molar-refractivity contribution < 1.29 is 5.11 Å². The molecular formula is C10H6ClNOS. The van der Waals surface area contributed by atoms with Gasteiger partial charge < -0.3 is 5.11 Å². The Morgan fingerprint density at radius 2 is 2.29 bits per heavy atom. The minimum atomic E-state index is 0.164. The van der Waals surface area contributed by atoms with Crippen LogP contribution in [0.4, 0.5) is 0 Å². The predicted octanol–water partition coefficient (Wildman–Crippen LogP) is 3.33. The zero-order valence-electron chi connectivity index (χ0n) is 7.12. The van der Waals surface area contributed by atoms with Gasteiger partial charge in [0.25, 0.3) is 0 Å². The molecule has 0 aliphatic rings. The van der Waals surface area contributed by atoms with Crippen LogP contribution < -0.4 is 0 Å². The average molecular weight is 224 g/mol. The zero-order valence-corrected chi connectivity index (χ0v) is 8.69. The summed E-state index contributed by atoms with van der Waals surface area (Å²) in [7, 11) is 0. The molecule has 1 N–H and O–H groups in total. The molecule has 0 atom stereocenters. The third kappa shape index (κ3) is 1.33. The average Bonchev–Trinajstić information content (AvgIpc) is 2.53. The minimum absolute atomic E-state index is 0.164. The van der Waals surface area contributed by atoms with E-state index in [4.69, 9.17) is 16.9 Å². The highest BCUT2D eigenvalue weighted by atomic mass is 35.5. The molecular weight excluding hydrogens is 218 g/mol. The second-order valence-corrected chi connectivity index (χ2v) is 4.15. The van der Waals surface area contributed by atoms with Crippen molar-refractivity contribution in [1.29, 1.82) is 5.26 Å². The molecule has 0 bridgehead atoms. The Labute approximate surface area is 90.0 Å². The first-order valence-electron chi connectivity index (χ1n) is 3.98. The molecule has 1 heterocycles. The molecule has 0 amide bonds. The summed E-state index contributed by atoms with van der Waals surface area (Å²) in [5.74, 6) is 0.164. The highest BCUT2D eigenvalue weighted by Crippen LogP contribution is 2.36. The second-order valence-electron chi connectivity index (χ2n) is 2.86. The topological polar surface area (TPSA) is 44.0 Å². The number of rotatable bonds is 1. The van der Waals surface area contributed by atoms with Crippen LogP contribution in [0, 0.1) is 11.3 Å². The third-order valence-electron chi connectivity index (χ3n) is 2.03. The van der Waals surface area contributed by atoms with Gasteiger partial charge in [0.15, 0.2) is 0 Å². The van der Waals surface area contributed by atoms with Crippen LogP contribution in [0.2, 0.25) is 5.02 Å². The normalized spacial score (nSPS) is 10.3. The van der Waals surface area contributed by atoms with Gasteiger partial charge in [-0.15, -0.1) is 11.3 Å². The smallest absolute Gasteiger partial charge is 0.121 e. The largest absolute Gasteiger partial charge is 0.508 e. The number of phenols is 1. The van der Waals surface area contributed by atoms with E-state index in [0.717, 1.165) is 10.1 Å². The number of nitriles is 1. The van der Waals surface area contributed by atoms with E-state index in [0.29, 0.717) is 10.6 Å². The van der Waals surface area contributed by atoms with E-state index >= 15 is 0 Å². The number of hydrogen-bond acceptors (Lipinski definition) is 3. The maximum Gasteiger partial charge on any atom is 0.121 e. The van der Waals surface area contributed by atoms with Crippen LogP contribution in [-0.4, -0.2) is 5.11 Å². The van der Waals surface area contributed by atoms with E-state index in [9.17, 15) is 5.11 Å². The van der Waals surface area contributed by atoms with Gasteiger partial charge in [-0.05, 0) is 12.1 Å². The van der Waals surface area contributed by atoms with E-state index in [1.165, 1.54) is 11.3 Å². The molecule has 1 aromatic heterocycles. The molecule has 0 saturated carbocycles. The van der Waals surface area contributed by atoms with Crippen LogP contribution in [0.15, 0.2) is 17.5 Å². The lowest BCUT2D eigenvalue weighted by Gasteiger charge is -2.01. The molecule has 14 heavy (non-hydrogen) atoms. The summed E-state index contributed by atoms with van der Waals surface area (Å²) in [6.45, 7) is 0. The number of phenolic OH excluding ortho intramolecular Hbond substituents is 1. The van der Waals surface area contributed by atoms with Crippen molar-refractivity contribution >= 4 is 33.0 Å². The Morgan fingerprint density at radius 3 is 3.00 bits per heavy atom. The molecule has 1 aromatic carbocycles. The van der Waals surface area contributed by atoms with Crippen molar-refractivity contribution in [1.82, 2.24) is 0 Å². The van der Waals surface area contributed by atoms with Gasteiger partial charge >= 0.3 is 0 Å². The van der Waals surface area contributed by atoms with E-state index in [-0.39, 0.29) is 12.2 Å². The molecule has 0 radical (unpaired) electrons. The maximum atomic E-state index is 9.56. The van der Waals surface area contributed by atoms with E-state index in [1.54, 1.807) is 12.1 Å². The van der Waals surface area contributed by atoms with Crippen molar-refractivity contribution in [2.45, 2.75) is 6.42 Å². The number of hydrogen-bond donors (Lipinski definition) is 1. The molecule has 4 heteroatoms. The number of fused-ring (bicyclic) bond motifs is 1. The van der Waals surface area contributed by atoms with Gasteiger partial charge in [0.1, 0.15) is 5.75 Å². The quantitative estimate of drug-likeness (QED) is 0.806. The SMILES string of the molecule is N#CCc1c(O)ccc2c(Cl)csc12. The highest BCUT2D eigenvalue weighted by molar-refractivity contribution is 7.18. The molecule has 2 rings (SSSR count). The molecule has 0 fully saturated rings. The highest BCUT2D eigenvalue weighted by Gasteiger charge is 2.10. The Balaban J connectivity index is 2.78. The number of nitrogens with zero attached hydrogens (tertiary/aromatic N) is 1. The summed E-state index contributed by atoms with van der Waals surface area (Å²) in [5.41, 5.74) is 0.668. The molecule has 2 aromatic rings. The van der Waals surface area contributed by atoms with Crippen molar-refractivity contribution in [2.75, 3.05) is 0 Å². The van der Waals surface area contributed by atoms with Crippen molar-refractivity contribution in [3.63, 3.8) is 0 Å². The summed E-state index contributed by atoms with van der Waals surface area (Å²) in [6, 6.07) is 5.38. The third-order valence-corrected chi connectivity index (χ3v) is 3.53. The monoisotopic (exact) mass is 223 g/mol. The van der Waals surface area contributed by atoms with Gasteiger partial charge in [0, 0.05) is 21.0 Å². The summed E-state index contributed by atoms with van der Waals surface area (Å²) in [6.07, 6.45) is 0.208. The zero-order chi connectivity index (χ0) is 10.1. The van der Waals surface area contributed by atoms with E-state index < -0.39 is 0 Å². The molecule has 0 aliphatic heterocycles. The van der Waals surface area contributed by atoms with Crippen molar-refractivity contribution in [3.8, 4) is 11.8 Å². The lowest BCUT2D eigenvalue weighted by atomic mass is 10.1. The van der Waals surface area contributed by atoms with Gasteiger partial charge in [0.2, 0.25) is 0 Å². The minimum Gasteiger partial charge on any atom is -0.508 e. The second kappa shape index (κ2) is 3.49. The number of aromatic hydroxyl groups is 1. The van der Waals surface area contributed by atoms with E-state index in [1.807, 2.05) is 11.4 Å².